The average Bonchev–Trinajstić information content (AvgIpc) is 0.785. The summed E-state index contributed by atoms with van der Waals surface area (Å²) in [7, 11) is 0. The quantitative estimate of drug-likeness (QED) is 0.0199. The highest BCUT2D eigenvalue weighted by molar-refractivity contribution is 5.76. The van der Waals surface area contributed by atoms with E-state index in [1.807, 2.05) is 6.08 Å². The Balaban J connectivity index is 1.32. The van der Waals surface area contributed by atoms with Gasteiger partial charge >= 0.3 is 0 Å². The number of hydrogen-bond donors (Lipinski definition) is 12. The van der Waals surface area contributed by atoms with E-state index in [0.717, 1.165) is 116 Å². The van der Waals surface area contributed by atoms with Gasteiger partial charge in [-0.3, -0.25) is 4.79 Å². The topological polar surface area (TPSA) is 307 Å². The number of rotatable bonds is 56. The summed E-state index contributed by atoms with van der Waals surface area (Å²) >= 11 is 0. The summed E-state index contributed by atoms with van der Waals surface area (Å²) in [5.41, 5.74) is 0. The molecule has 19 nitrogen and oxygen atoms in total. The zero-order valence-electron chi connectivity index (χ0n) is 59.9. The van der Waals surface area contributed by atoms with Crippen LogP contribution >= 0.6 is 0 Å². The Hall–Kier alpha value is -4.33. The van der Waals surface area contributed by atoms with Crippen molar-refractivity contribution in [1.82, 2.24) is 5.32 Å². The summed E-state index contributed by atoms with van der Waals surface area (Å²) in [5, 5.41) is 120. The van der Waals surface area contributed by atoms with Gasteiger partial charge in [0.05, 0.1) is 38.6 Å². The molecule has 0 saturated carbocycles. The van der Waals surface area contributed by atoms with Crippen molar-refractivity contribution in [3.63, 3.8) is 0 Å². The first-order chi connectivity index (χ1) is 48.3. The van der Waals surface area contributed by atoms with Gasteiger partial charge in [-0.2, -0.15) is 0 Å². The van der Waals surface area contributed by atoms with Crippen LogP contribution in [0.3, 0.4) is 0 Å². The molecule has 0 spiro atoms. The first-order valence-electron chi connectivity index (χ1n) is 37.6. The van der Waals surface area contributed by atoms with Crippen molar-refractivity contribution in [3.05, 3.63) is 146 Å². The Morgan fingerprint density at radius 1 is 0.374 bits per heavy atom. The molecule has 0 aromatic rings. The van der Waals surface area contributed by atoms with Crippen LogP contribution in [0.2, 0.25) is 0 Å². The molecule has 12 N–H and O–H groups in total. The number of unbranched alkanes of at least 4 members (excludes halogenated alkanes) is 18. The molecule has 0 aliphatic carbocycles. The molecule has 0 radical (unpaired) electrons. The first kappa shape index (κ1) is 88.9. The number of aliphatic hydroxyl groups excluding tert-OH is 11. The third kappa shape index (κ3) is 39.8. The van der Waals surface area contributed by atoms with E-state index in [0.29, 0.717) is 12.8 Å². The van der Waals surface area contributed by atoms with E-state index >= 15 is 0 Å². The van der Waals surface area contributed by atoms with E-state index in [4.69, 9.17) is 28.4 Å². The fourth-order valence-electron chi connectivity index (χ4n) is 11.6. The molecule has 3 aliphatic heterocycles. The van der Waals surface area contributed by atoms with Crippen molar-refractivity contribution in [2.75, 3.05) is 26.4 Å². The molecule has 19 heteroatoms. The van der Waals surface area contributed by atoms with E-state index in [1.54, 1.807) is 6.08 Å². The highest BCUT2D eigenvalue weighted by Gasteiger charge is 2.53. The summed E-state index contributed by atoms with van der Waals surface area (Å²) in [6.45, 7) is 1.53. The molecule has 17 atom stereocenters. The number of ether oxygens (including phenoxy) is 6. The van der Waals surface area contributed by atoms with Crippen LogP contribution in [0.4, 0.5) is 0 Å². The van der Waals surface area contributed by atoms with Crippen molar-refractivity contribution in [2.24, 2.45) is 0 Å². The zero-order chi connectivity index (χ0) is 71.8. The lowest BCUT2D eigenvalue weighted by Gasteiger charge is -2.48. The van der Waals surface area contributed by atoms with Gasteiger partial charge in [-0.1, -0.05) is 243 Å². The van der Waals surface area contributed by atoms with Crippen LogP contribution in [-0.4, -0.2) is 193 Å². The van der Waals surface area contributed by atoms with Crippen LogP contribution in [0.25, 0.3) is 0 Å². The molecule has 0 aromatic carbocycles. The molecule has 3 rings (SSSR count). The minimum Gasteiger partial charge on any atom is -0.394 e. The van der Waals surface area contributed by atoms with Crippen molar-refractivity contribution in [1.29, 1.82) is 0 Å². The normalized spacial score (nSPS) is 27.5. The fraction of sp³-hybridized carbons (Fsp3) is 0.688. The van der Waals surface area contributed by atoms with Gasteiger partial charge in [0.1, 0.15) is 73.2 Å². The minimum absolute atomic E-state index is 0.222. The van der Waals surface area contributed by atoms with Gasteiger partial charge in [0.15, 0.2) is 18.9 Å². The van der Waals surface area contributed by atoms with Gasteiger partial charge in [-0.25, -0.2) is 0 Å². The fourth-order valence-corrected chi connectivity index (χ4v) is 11.6. The molecule has 17 unspecified atom stereocenters. The van der Waals surface area contributed by atoms with E-state index in [2.05, 4.69) is 153 Å². The number of carbonyl (C=O) groups excluding carboxylic acids is 1. The Kier molecular flexibility index (Phi) is 53.1. The van der Waals surface area contributed by atoms with Crippen molar-refractivity contribution < 1.29 is 89.4 Å². The van der Waals surface area contributed by atoms with Crippen molar-refractivity contribution in [3.8, 4) is 0 Å². The Labute approximate surface area is 593 Å². The van der Waals surface area contributed by atoms with E-state index in [1.165, 1.54) is 70.6 Å². The second kappa shape index (κ2) is 59.1. The van der Waals surface area contributed by atoms with Crippen LogP contribution in [0, 0.1) is 0 Å². The number of amides is 1. The summed E-state index contributed by atoms with van der Waals surface area (Å²) in [6, 6.07) is -1.01. The van der Waals surface area contributed by atoms with Gasteiger partial charge < -0.3 is 89.9 Å². The average molecular weight is 1390 g/mol. The van der Waals surface area contributed by atoms with Crippen LogP contribution in [0.5, 0.6) is 0 Å². The zero-order valence-corrected chi connectivity index (χ0v) is 59.9. The molecule has 3 saturated heterocycles. The summed E-state index contributed by atoms with van der Waals surface area (Å²) in [4.78, 5) is 13.4. The van der Waals surface area contributed by atoms with Crippen LogP contribution in [0.15, 0.2) is 146 Å². The van der Waals surface area contributed by atoms with Crippen molar-refractivity contribution in [2.45, 2.75) is 324 Å². The van der Waals surface area contributed by atoms with Crippen LogP contribution in [0.1, 0.15) is 219 Å². The summed E-state index contributed by atoms with van der Waals surface area (Å²) in [6.07, 6.45) is 58.5. The largest absolute Gasteiger partial charge is 0.394 e. The number of allylic oxidation sites excluding steroid dienone is 23. The predicted octanol–water partition coefficient (Wildman–Crippen LogP) is 11.5. The number of hydrogen-bond acceptors (Lipinski definition) is 18. The Morgan fingerprint density at radius 2 is 0.707 bits per heavy atom. The van der Waals surface area contributed by atoms with Gasteiger partial charge in [-0.15, -0.1) is 0 Å². The first-order valence-corrected chi connectivity index (χ1v) is 37.6. The molecule has 3 heterocycles. The Bertz CT molecular complexity index is 2360. The monoisotopic (exact) mass is 1390 g/mol. The minimum atomic E-state index is -1.99. The van der Waals surface area contributed by atoms with Gasteiger partial charge in [0.25, 0.3) is 0 Å². The number of nitrogens with one attached hydrogen (secondary N) is 1. The lowest BCUT2D eigenvalue weighted by Crippen LogP contribution is -2.66. The van der Waals surface area contributed by atoms with Crippen LogP contribution < -0.4 is 5.32 Å². The third-order valence-electron chi connectivity index (χ3n) is 17.6. The maximum Gasteiger partial charge on any atom is 0.220 e. The van der Waals surface area contributed by atoms with E-state index in [9.17, 15) is 61.0 Å². The highest BCUT2D eigenvalue weighted by atomic mass is 16.8. The van der Waals surface area contributed by atoms with Crippen molar-refractivity contribution >= 4 is 5.91 Å². The molecular formula is C80H131NO18. The lowest BCUT2D eigenvalue weighted by atomic mass is 9.96. The maximum atomic E-state index is 13.4. The standard InChI is InChI=1S/C80H131NO18/c1-3-5-7-9-11-13-15-17-18-19-20-21-22-23-24-25-26-27-28-29-30-31-32-33-34-35-36-37-38-39-40-41-42-43-44-46-48-50-52-54-56-58-68(86)81-63(64(85)57-55-53-51-49-47-45-16-14-12-10-8-6-4-2)62-94-78-74(92)71(89)76(66(60-83)96-78)99-80-75(93)72(90)77(67(61-84)97-80)98-79-73(91)70(88)69(87)65(59-82)95-79/h5,7,11-14,17-18,20-21,23-24,26-27,29-30,32-33,35-36,47,49,55,57,63-67,69-80,82-85,87-93H,3-4,6,8-10,15-16,19,22,25,28,31,34,37-46,48,50-54,56,58-62H2,1-2H3,(H,81,86)/b7-5-,13-11-,14-12+,18-17-,21-20-,24-23-,27-26-,30-29-,33-32-,36-35-,49-47+,57-55+. The highest BCUT2D eigenvalue weighted by Crippen LogP contribution is 2.33. The second-order valence-electron chi connectivity index (χ2n) is 26.0. The molecule has 99 heavy (non-hydrogen) atoms. The smallest absolute Gasteiger partial charge is 0.220 e. The SMILES string of the molecule is CC/C=C\C/C=C\C/C=C\C/C=C\C/C=C\C/C=C\C/C=C\C/C=C\C/C=C\CCCCCCCCCCCCCCCC(=O)NC(COC1OC(CO)C(OC2OC(CO)C(OC3OC(CO)C(O)C(O)C3O)C(O)C2O)C(O)C1O)C(O)/C=C/CC/C=C/CC/C=C/CCCCC. The molecule has 0 aromatic heterocycles. The maximum absolute atomic E-state index is 13.4. The van der Waals surface area contributed by atoms with Gasteiger partial charge in [-0.05, 0) is 116 Å². The van der Waals surface area contributed by atoms with Gasteiger partial charge in [0, 0.05) is 6.42 Å². The number of carbonyl (C=O) groups is 1. The van der Waals surface area contributed by atoms with Crippen LogP contribution in [-0.2, 0) is 33.2 Å². The predicted molar refractivity (Wildman–Crippen MR) is 392 cm³/mol. The molecule has 3 fully saturated rings. The molecule has 0 bridgehead atoms. The third-order valence-corrected chi connectivity index (χ3v) is 17.6. The summed E-state index contributed by atoms with van der Waals surface area (Å²) in [5.74, 6) is -0.298. The lowest BCUT2D eigenvalue weighted by molar-refractivity contribution is -0.379. The molecular weight excluding hydrogens is 1260 g/mol. The van der Waals surface area contributed by atoms with E-state index < -0.39 is 124 Å². The second-order valence-corrected chi connectivity index (χ2v) is 26.0. The Morgan fingerprint density at radius 3 is 1.13 bits per heavy atom. The summed E-state index contributed by atoms with van der Waals surface area (Å²) < 4.78 is 34.3. The molecule has 1 amide bonds. The van der Waals surface area contributed by atoms with E-state index in [-0.39, 0.29) is 18.9 Å². The van der Waals surface area contributed by atoms with Gasteiger partial charge in [0.2, 0.25) is 5.91 Å². The molecule has 3 aliphatic rings. The molecule has 564 valence electrons. The number of aliphatic hydroxyl groups is 11.